The fourth-order valence-electron chi connectivity index (χ4n) is 2.25. The Bertz CT molecular complexity index is 412. The molecule has 0 aromatic heterocycles. The van der Waals surface area contributed by atoms with Crippen LogP contribution < -0.4 is 10.6 Å². The van der Waals surface area contributed by atoms with Crippen LogP contribution in [0.5, 0.6) is 0 Å². The molecule has 2 atom stereocenters. The van der Waals surface area contributed by atoms with Crippen molar-refractivity contribution in [3.63, 3.8) is 0 Å². The second-order valence-corrected chi connectivity index (χ2v) is 6.03. The molecule has 2 unspecified atom stereocenters. The van der Waals surface area contributed by atoms with Crippen molar-refractivity contribution in [3.05, 3.63) is 35.4 Å². The van der Waals surface area contributed by atoms with E-state index >= 15 is 0 Å². The van der Waals surface area contributed by atoms with Crippen LogP contribution >= 0.6 is 0 Å². The van der Waals surface area contributed by atoms with Crippen LogP contribution in [-0.4, -0.2) is 19.5 Å². The zero-order valence-corrected chi connectivity index (χ0v) is 13.4. The normalized spacial score (nSPS) is 14.1. The van der Waals surface area contributed by atoms with Crippen molar-refractivity contribution < 1.29 is 4.79 Å². The van der Waals surface area contributed by atoms with Gasteiger partial charge < -0.3 is 10.6 Å². The summed E-state index contributed by atoms with van der Waals surface area (Å²) in [6.45, 7) is 9.11. The summed E-state index contributed by atoms with van der Waals surface area (Å²) < 4.78 is 0. The Hall–Kier alpha value is -1.35. The standard InChI is InChI=1S/C17H28N2O/c1-12(2)10-15-6-8-16(9-7-15)14(4)19-17(20)13(3)11-18-5/h6-9,12-14,18H,10-11H2,1-5H3,(H,19,20). The first-order chi connectivity index (χ1) is 9.43. The number of benzene rings is 1. The first-order valence-corrected chi connectivity index (χ1v) is 7.47. The van der Waals surface area contributed by atoms with Crippen LogP contribution in [0.25, 0.3) is 0 Å². The molecule has 0 saturated heterocycles. The molecule has 3 heteroatoms. The summed E-state index contributed by atoms with van der Waals surface area (Å²) in [6.07, 6.45) is 1.10. The quantitative estimate of drug-likeness (QED) is 0.804. The summed E-state index contributed by atoms with van der Waals surface area (Å²) in [5.41, 5.74) is 2.51. The van der Waals surface area contributed by atoms with Crippen molar-refractivity contribution in [1.82, 2.24) is 10.6 Å². The Morgan fingerprint density at radius 1 is 1.10 bits per heavy atom. The number of carbonyl (C=O) groups is 1. The van der Waals surface area contributed by atoms with Crippen molar-refractivity contribution in [2.75, 3.05) is 13.6 Å². The molecule has 1 amide bonds. The Morgan fingerprint density at radius 3 is 2.20 bits per heavy atom. The molecule has 112 valence electrons. The highest BCUT2D eigenvalue weighted by atomic mass is 16.1. The summed E-state index contributed by atoms with van der Waals surface area (Å²) in [5, 5.41) is 6.09. The average Bonchev–Trinajstić information content (AvgIpc) is 2.39. The molecule has 1 aromatic carbocycles. The summed E-state index contributed by atoms with van der Waals surface area (Å²) in [5.74, 6) is 0.751. The zero-order valence-electron chi connectivity index (χ0n) is 13.4. The molecule has 20 heavy (non-hydrogen) atoms. The first-order valence-electron chi connectivity index (χ1n) is 7.47. The van der Waals surface area contributed by atoms with Gasteiger partial charge in [0.25, 0.3) is 0 Å². The fourth-order valence-corrected chi connectivity index (χ4v) is 2.25. The van der Waals surface area contributed by atoms with Crippen molar-refractivity contribution >= 4 is 5.91 Å². The minimum atomic E-state index is -0.0114. The maximum Gasteiger partial charge on any atom is 0.224 e. The Balaban J connectivity index is 2.59. The molecule has 0 aliphatic rings. The molecular formula is C17H28N2O. The van der Waals surface area contributed by atoms with E-state index < -0.39 is 0 Å². The van der Waals surface area contributed by atoms with Crippen LogP contribution in [0, 0.1) is 11.8 Å². The molecule has 3 nitrogen and oxygen atoms in total. The van der Waals surface area contributed by atoms with Crippen molar-refractivity contribution in [2.24, 2.45) is 11.8 Å². The van der Waals surface area contributed by atoms with Crippen molar-refractivity contribution in [3.8, 4) is 0 Å². The fraction of sp³-hybridized carbons (Fsp3) is 0.588. The van der Waals surface area contributed by atoms with E-state index in [-0.39, 0.29) is 17.9 Å². The average molecular weight is 276 g/mol. The predicted molar refractivity (Wildman–Crippen MR) is 84.6 cm³/mol. The van der Waals surface area contributed by atoms with Crippen LogP contribution in [0.4, 0.5) is 0 Å². The van der Waals surface area contributed by atoms with E-state index in [0.717, 1.165) is 12.0 Å². The highest BCUT2D eigenvalue weighted by Crippen LogP contribution is 2.16. The zero-order chi connectivity index (χ0) is 15.1. The van der Waals surface area contributed by atoms with Gasteiger partial charge in [0.15, 0.2) is 0 Å². The molecular weight excluding hydrogens is 248 g/mol. The summed E-state index contributed by atoms with van der Waals surface area (Å²) in [4.78, 5) is 12.0. The minimum absolute atomic E-state index is 0.0114. The van der Waals surface area contributed by atoms with E-state index in [2.05, 4.69) is 48.7 Å². The van der Waals surface area contributed by atoms with Crippen LogP contribution in [0.3, 0.4) is 0 Å². The van der Waals surface area contributed by atoms with E-state index in [1.165, 1.54) is 5.56 Å². The maximum absolute atomic E-state index is 12.0. The van der Waals surface area contributed by atoms with Gasteiger partial charge >= 0.3 is 0 Å². The lowest BCUT2D eigenvalue weighted by molar-refractivity contribution is -0.125. The molecule has 0 aliphatic heterocycles. The Morgan fingerprint density at radius 2 is 1.70 bits per heavy atom. The van der Waals surface area contributed by atoms with Gasteiger partial charge in [0.1, 0.15) is 0 Å². The Labute approximate surface area is 123 Å². The topological polar surface area (TPSA) is 41.1 Å². The van der Waals surface area contributed by atoms with Crippen molar-refractivity contribution in [1.29, 1.82) is 0 Å². The Kier molecular flexibility index (Phi) is 6.73. The number of carbonyl (C=O) groups excluding carboxylic acids is 1. The molecule has 0 fully saturated rings. The van der Waals surface area contributed by atoms with E-state index in [4.69, 9.17) is 0 Å². The summed E-state index contributed by atoms with van der Waals surface area (Å²) >= 11 is 0. The van der Waals surface area contributed by atoms with E-state index in [0.29, 0.717) is 12.5 Å². The van der Waals surface area contributed by atoms with Gasteiger partial charge in [0.05, 0.1) is 6.04 Å². The predicted octanol–water partition coefficient (Wildman–Crippen LogP) is 2.92. The highest BCUT2D eigenvalue weighted by molar-refractivity contribution is 5.78. The van der Waals surface area contributed by atoms with Crippen LogP contribution in [0.15, 0.2) is 24.3 Å². The van der Waals surface area contributed by atoms with E-state index in [1.807, 2.05) is 20.9 Å². The van der Waals surface area contributed by atoms with Gasteiger partial charge in [-0.15, -0.1) is 0 Å². The highest BCUT2D eigenvalue weighted by Gasteiger charge is 2.15. The number of hydrogen-bond acceptors (Lipinski definition) is 2. The molecule has 0 saturated carbocycles. The molecule has 0 bridgehead atoms. The third kappa shape index (κ3) is 5.33. The van der Waals surface area contributed by atoms with Gasteiger partial charge in [0.2, 0.25) is 5.91 Å². The molecule has 1 aromatic rings. The van der Waals surface area contributed by atoms with E-state index in [1.54, 1.807) is 0 Å². The molecule has 0 heterocycles. The van der Waals surface area contributed by atoms with E-state index in [9.17, 15) is 4.79 Å². The van der Waals surface area contributed by atoms with Gasteiger partial charge in [-0.25, -0.2) is 0 Å². The van der Waals surface area contributed by atoms with Crippen LogP contribution in [0.2, 0.25) is 0 Å². The molecule has 0 spiro atoms. The van der Waals surface area contributed by atoms with Gasteiger partial charge in [0, 0.05) is 12.5 Å². The largest absolute Gasteiger partial charge is 0.349 e. The van der Waals surface area contributed by atoms with Gasteiger partial charge in [-0.05, 0) is 37.4 Å². The van der Waals surface area contributed by atoms with Gasteiger partial charge in [-0.3, -0.25) is 4.79 Å². The number of hydrogen-bond donors (Lipinski definition) is 2. The summed E-state index contributed by atoms with van der Waals surface area (Å²) in [6, 6.07) is 8.61. The van der Waals surface area contributed by atoms with Gasteiger partial charge in [-0.1, -0.05) is 45.0 Å². The monoisotopic (exact) mass is 276 g/mol. The summed E-state index contributed by atoms with van der Waals surface area (Å²) in [7, 11) is 1.86. The third-order valence-corrected chi connectivity index (χ3v) is 3.44. The molecule has 0 aliphatic carbocycles. The lowest BCUT2D eigenvalue weighted by Crippen LogP contribution is -2.35. The molecule has 2 N–H and O–H groups in total. The molecule has 0 radical (unpaired) electrons. The van der Waals surface area contributed by atoms with Crippen LogP contribution in [0.1, 0.15) is 44.9 Å². The first kappa shape index (κ1) is 16.7. The number of nitrogens with one attached hydrogen (secondary N) is 2. The maximum atomic E-state index is 12.0. The number of rotatable bonds is 7. The minimum Gasteiger partial charge on any atom is -0.349 e. The van der Waals surface area contributed by atoms with Gasteiger partial charge in [-0.2, -0.15) is 0 Å². The number of amides is 1. The second kappa shape index (κ2) is 8.05. The lowest BCUT2D eigenvalue weighted by atomic mass is 9.99. The smallest absolute Gasteiger partial charge is 0.224 e. The lowest BCUT2D eigenvalue weighted by Gasteiger charge is -2.18. The molecule has 1 rings (SSSR count). The van der Waals surface area contributed by atoms with Crippen LogP contribution in [-0.2, 0) is 11.2 Å². The SMILES string of the molecule is CNCC(C)C(=O)NC(C)c1ccc(CC(C)C)cc1. The third-order valence-electron chi connectivity index (χ3n) is 3.44. The van der Waals surface area contributed by atoms with Crippen molar-refractivity contribution in [2.45, 2.75) is 40.2 Å². The second-order valence-electron chi connectivity index (χ2n) is 6.03.